The van der Waals surface area contributed by atoms with Gasteiger partial charge in [0.15, 0.2) is 0 Å². The molecule has 0 radical (unpaired) electrons. The number of aliphatic hydroxyl groups is 1. The number of nitro groups is 1. The van der Waals surface area contributed by atoms with Gasteiger partial charge in [-0.15, -0.1) is 0 Å². The lowest BCUT2D eigenvalue weighted by Gasteiger charge is -2.09. The predicted octanol–water partition coefficient (Wildman–Crippen LogP) is 1.23. The van der Waals surface area contributed by atoms with Crippen LogP contribution in [0, 0.1) is 15.9 Å². The molecular formula is C11H13FN2O4. The molecule has 2 N–H and O–H groups in total. The van der Waals surface area contributed by atoms with Crippen molar-refractivity contribution in [2.45, 2.75) is 19.4 Å². The van der Waals surface area contributed by atoms with Crippen LogP contribution in [0.25, 0.3) is 0 Å². The van der Waals surface area contributed by atoms with E-state index in [1.54, 1.807) is 6.92 Å². The van der Waals surface area contributed by atoms with Gasteiger partial charge >= 0.3 is 0 Å². The van der Waals surface area contributed by atoms with Crippen molar-refractivity contribution in [3.8, 4) is 0 Å². The van der Waals surface area contributed by atoms with Crippen LogP contribution in [0.2, 0.25) is 0 Å². The minimum Gasteiger partial charge on any atom is -0.391 e. The summed E-state index contributed by atoms with van der Waals surface area (Å²) < 4.78 is 13.1. The number of carbonyl (C=O) groups excluding carboxylic acids is 1. The summed E-state index contributed by atoms with van der Waals surface area (Å²) in [5, 5.41) is 22.1. The van der Waals surface area contributed by atoms with E-state index in [4.69, 9.17) is 0 Å². The van der Waals surface area contributed by atoms with E-state index in [0.717, 1.165) is 18.2 Å². The first-order valence-electron chi connectivity index (χ1n) is 5.35. The monoisotopic (exact) mass is 256 g/mol. The van der Waals surface area contributed by atoms with Gasteiger partial charge in [-0.2, -0.15) is 0 Å². The number of rotatable bonds is 5. The minimum atomic E-state index is -0.856. The molecule has 1 unspecified atom stereocenters. The molecule has 1 amide bonds. The SMILES string of the molecule is CCC(O)CNC(=O)c1cc(F)cc([N+](=O)[O-])c1. The van der Waals surface area contributed by atoms with Crippen molar-refractivity contribution in [2.24, 2.45) is 0 Å². The zero-order chi connectivity index (χ0) is 13.7. The lowest BCUT2D eigenvalue weighted by atomic mass is 10.1. The molecule has 0 aliphatic carbocycles. The van der Waals surface area contributed by atoms with Crippen LogP contribution < -0.4 is 5.32 Å². The van der Waals surface area contributed by atoms with Gasteiger partial charge in [0.25, 0.3) is 11.6 Å². The van der Waals surface area contributed by atoms with Gasteiger partial charge in [-0.3, -0.25) is 14.9 Å². The second kappa shape index (κ2) is 6.06. The minimum absolute atomic E-state index is 0.0135. The standard InChI is InChI=1S/C11H13FN2O4/c1-2-10(15)6-13-11(16)7-3-8(12)5-9(4-7)14(17)18/h3-5,10,15H,2,6H2,1H3,(H,13,16). The molecule has 98 valence electrons. The molecule has 1 aromatic carbocycles. The number of amides is 1. The highest BCUT2D eigenvalue weighted by atomic mass is 19.1. The summed E-state index contributed by atoms with van der Waals surface area (Å²) in [6.45, 7) is 1.75. The highest BCUT2D eigenvalue weighted by Gasteiger charge is 2.15. The van der Waals surface area contributed by atoms with Gasteiger partial charge < -0.3 is 10.4 Å². The third-order valence-corrected chi connectivity index (χ3v) is 2.33. The molecule has 7 heteroatoms. The number of non-ortho nitro benzene ring substituents is 1. The first-order chi connectivity index (χ1) is 8.43. The molecule has 0 heterocycles. The molecule has 1 atom stereocenters. The number of nitro benzene ring substituents is 1. The van der Waals surface area contributed by atoms with Gasteiger partial charge in [-0.25, -0.2) is 4.39 Å². The van der Waals surface area contributed by atoms with E-state index < -0.39 is 28.4 Å². The Morgan fingerprint density at radius 2 is 2.22 bits per heavy atom. The van der Waals surface area contributed by atoms with Crippen molar-refractivity contribution in [2.75, 3.05) is 6.54 Å². The Labute approximate surface area is 103 Å². The third-order valence-electron chi connectivity index (χ3n) is 2.33. The summed E-state index contributed by atoms with van der Waals surface area (Å²) >= 11 is 0. The molecule has 0 fully saturated rings. The molecule has 18 heavy (non-hydrogen) atoms. The van der Waals surface area contributed by atoms with Crippen LogP contribution in [0.1, 0.15) is 23.7 Å². The molecule has 0 saturated heterocycles. The summed E-state index contributed by atoms with van der Waals surface area (Å²) in [5.41, 5.74) is -0.638. The van der Waals surface area contributed by atoms with Crippen LogP contribution in [-0.2, 0) is 0 Å². The van der Waals surface area contributed by atoms with Crippen LogP contribution in [-0.4, -0.2) is 28.6 Å². The summed E-state index contributed by atoms with van der Waals surface area (Å²) in [5.74, 6) is -1.52. The number of hydrogen-bond donors (Lipinski definition) is 2. The van der Waals surface area contributed by atoms with E-state index in [1.165, 1.54) is 0 Å². The Hall–Kier alpha value is -2.02. The predicted molar refractivity (Wildman–Crippen MR) is 61.7 cm³/mol. The maximum absolute atomic E-state index is 13.1. The fourth-order valence-corrected chi connectivity index (χ4v) is 1.27. The Bertz CT molecular complexity index is 464. The molecule has 0 spiro atoms. The number of benzene rings is 1. The van der Waals surface area contributed by atoms with Crippen molar-refractivity contribution >= 4 is 11.6 Å². The maximum atomic E-state index is 13.1. The number of hydrogen-bond acceptors (Lipinski definition) is 4. The van der Waals surface area contributed by atoms with Gasteiger partial charge in [0, 0.05) is 18.2 Å². The van der Waals surface area contributed by atoms with Gasteiger partial charge in [0.1, 0.15) is 5.82 Å². The summed E-state index contributed by atoms with van der Waals surface area (Å²) in [6, 6.07) is 2.62. The lowest BCUT2D eigenvalue weighted by Crippen LogP contribution is -2.31. The fourth-order valence-electron chi connectivity index (χ4n) is 1.27. The number of aliphatic hydroxyl groups excluding tert-OH is 1. The molecule has 0 aliphatic heterocycles. The Morgan fingerprint density at radius 1 is 1.56 bits per heavy atom. The molecule has 6 nitrogen and oxygen atoms in total. The average molecular weight is 256 g/mol. The molecule has 0 aromatic heterocycles. The highest BCUT2D eigenvalue weighted by Crippen LogP contribution is 2.16. The second-order valence-electron chi connectivity index (χ2n) is 3.73. The van der Waals surface area contributed by atoms with Crippen molar-refractivity contribution in [3.63, 3.8) is 0 Å². The summed E-state index contributed by atoms with van der Waals surface area (Å²) in [4.78, 5) is 21.3. The molecule has 0 saturated carbocycles. The number of nitrogens with zero attached hydrogens (tertiary/aromatic N) is 1. The van der Waals surface area contributed by atoms with Gasteiger partial charge in [0.2, 0.25) is 0 Å². The normalized spacial score (nSPS) is 11.9. The van der Waals surface area contributed by atoms with E-state index in [0.29, 0.717) is 6.42 Å². The number of carbonyl (C=O) groups is 1. The first kappa shape index (κ1) is 14.0. The molecular weight excluding hydrogens is 243 g/mol. The van der Waals surface area contributed by atoms with E-state index in [2.05, 4.69) is 5.32 Å². The quantitative estimate of drug-likeness (QED) is 0.612. The second-order valence-corrected chi connectivity index (χ2v) is 3.73. The zero-order valence-corrected chi connectivity index (χ0v) is 9.72. The van der Waals surface area contributed by atoms with Crippen molar-refractivity contribution in [3.05, 3.63) is 39.7 Å². The number of halogens is 1. The van der Waals surface area contributed by atoms with Crippen molar-refractivity contribution in [1.29, 1.82) is 0 Å². The summed E-state index contributed by atoms with van der Waals surface area (Å²) in [7, 11) is 0. The van der Waals surface area contributed by atoms with Crippen LogP contribution in [0.5, 0.6) is 0 Å². The van der Waals surface area contributed by atoms with E-state index in [1.807, 2.05) is 0 Å². The van der Waals surface area contributed by atoms with Gasteiger partial charge in [-0.1, -0.05) is 6.92 Å². The van der Waals surface area contributed by atoms with Crippen LogP contribution in [0.4, 0.5) is 10.1 Å². The van der Waals surface area contributed by atoms with Crippen molar-refractivity contribution < 1.29 is 19.2 Å². The number of nitrogens with one attached hydrogen (secondary N) is 1. The highest BCUT2D eigenvalue weighted by molar-refractivity contribution is 5.94. The fraction of sp³-hybridized carbons (Fsp3) is 0.364. The Morgan fingerprint density at radius 3 is 2.78 bits per heavy atom. The topological polar surface area (TPSA) is 92.5 Å². The molecule has 0 bridgehead atoms. The Kier molecular flexibility index (Phi) is 4.73. The van der Waals surface area contributed by atoms with E-state index >= 15 is 0 Å². The van der Waals surface area contributed by atoms with E-state index in [9.17, 15) is 24.4 Å². The van der Waals surface area contributed by atoms with Crippen LogP contribution in [0.15, 0.2) is 18.2 Å². The van der Waals surface area contributed by atoms with Gasteiger partial charge in [-0.05, 0) is 12.5 Å². The molecule has 1 rings (SSSR count). The summed E-state index contributed by atoms with van der Waals surface area (Å²) in [6.07, 6.45) is -0.235. The molecule has 0 aliphatic rings. The third kappa shape index (κ3) is 3.77. The maximum Gasteiger partial charge on any atom is 0.273 e. The smallest absolute Gasteiger partial charge is 0.273 e. The largest absolute Gasteiger partial charge is 0.391 e. The lowest BCUT2D eigenvalue weighted by molar-refractivity contribution is -0.385. The average Bonchev–Trinajstić information content (AvgIpc) is 2.34. The zero-order valence-electron chi connectivity index (χ0n) is 9.72. The first-order valence-corrected chi connectivity index (χ1v) is 5.35. The van der Waals surface area contributed by atoms with E-state index in [-0.39, 0.29) is 12.1 Å². The molecule has 1 aromatic rings. The Balaban J connectivity index is 2.82. The van der Waals surface area contributed by atoms with Crippen molar-refractivity contribution in [1.82, 2.24) is 5.32 Å². The van der Waals surface area contributed by atoms with Crippen LogP contribution in [0.3, 0.4) is 0 Å². The van der Waals surface area contributed by atoms with Gasteiger partial charge in [0.05, 0.1) is 17.1 Å². The van der Waals surface area contributed by atoms with Crippen LogP contribution >= 0.6 is 0 Å².